The number of aliphatic hydroxyl groups is 16. The minimum Gasteiger partial charge on any atom is -0.432 e. The summed E-state index contributed by atoms with van der Waals surface area (Å²) in [6, 6.07) is 0. The van der Waals surface area contributed by atoms with Crippen molar-refractivity contribution in [1.82, 2.24) is 0 Å². The Kier molecular flexibility index (Phi) is 19.7. The number of carbonyl (C=O) groups excluding carboxylic acids is 1. The van der Waals surface area contributed by atoms with Crippen molar-refractivity contribution in [2.45, 2.75) is 279 Å². The maximum Gasteiger partial charge on any atom is 0.315 e. The van der Waals surface area contributed by atoms with Gasteiger partial charge in [-0.15, -0.1) is 0 Å². The van der Waals surface area contributed by atoms with Gasteiger partial charge in [0.1, 0.15) is 110 Å². The van der Waals surface area contributed by atoms with E-state index in [1.807, 2.05) is 0 Å². The Hall–Kier alpha value is -1.79. The first-order valence-electron chi connectivity index (χ1n) is 31.2. The Morgan fingerprint density at radius 1 is 0.483 bits per heavy atom. The fourth-order valence-electron chi connectivity index (χ4n) is 17.9. The van der Waals surface area contributed by atoms with Crippen molar-refractivity contribution in [3.05, 3.63) is 11.6 Å². The summed E-state index contributed by atoms with van der Waals surface area (Å²) in [5.74, 6) is -0.821. The SMILES string of the molecule is C[C@@H]1O[C@@H](O[C@H]2[C@H](O[C@H]3CC[C@]4(C)[C@H]5CC=C6[C@@H]7CC(C)(C)CC[C@]7(C(=O)O[C@@H]7O[C@H](CO)[C@@H](O[C@@H]8O[C@H](CO)[C@@H](O)[C@H](O)[C@H]8O)[C@H](O)[C@H]7O[C@@H]7O[C@H](CO)[C@@H](O)[C@H](O)[C@H]7O)CC[C@@]6(C)[C@]5(C)CC[C@H]4C3(C)C)O[C@H](CO)[C@@H](O)[C@@H]2O)[C@H](O)[C@H](O)[C@H]1O. The molecular weight excluding hydrogens is 1150 g/mol. The molecule has 10 rings (SSSR count). The van der Waals surface area contributed by atoms with Crippen LogP contribution >= 0.6 is 0 Å². The molecule has 4 saturated carbocycles. The van der Waals surface area contributed by atoms with Crippen LogP contribution in [0.15, 0.2) is 11.6 Å². The Bertz CT molecular complexity index is 2420. The Labute approximate surface area is 506 Å². The summed E-state index contributed by atoms with van der Waals surface area (Å²) in [7, 11) is 0. The quantitative estimate of drug-likeness (QED) is 0.0463. The van der Waals surface area contributed by atoms with Crippen molar-refractivity contribution >= 4 is 5.97 Å². The lowest BCUT2D eigenvalue weighted by Gasteiger charge is -2.71. The van der Waals surface area contributed by atoms with Crippen LogP contribution in [-0.4, -0.2) is 274 Å². The molecule has 87 heavy (non-hydrogen) atoms. The van der Waals surface area contributed by atoms with E-state index >= 15 is 4.79 Å². The third-order valence-corrected chi connectivity index (χ3v) is 23.5. The largest absolute Gasteiger partial charge is 0.432 e. The van der Waals surface area contributed by atoms with Crippen LogP contribution in [-0.2, 0) is 52.2 Å². The third kappa shape index (κ3) is 11.4. The van der Waals surface area contributed by atoms with Gasteiger partial charge in [0.05, 0.1) is 44.1 Å². The number of esters is 1. The molecule has 0 aromatic heterocycles. The molecule has 27 nitrogen and oxygen atoms in total. The van der Waals surface area contributed by atoms with E-state index in [1.165, 1.54) is 6.92 Å². The Morgan fingerprint density at radius 3 is 1.53 bits per heavy atom. The van der Waals surface area contributed by atoms with Gasteiger partial charge in [-0.2, -0.15) is 0 Å². The standard InChI is InChI=1S/C60H98O27/c1-24-34(65)38(69)42(73)49(78-24)85-47-41(72)37(68)29(22-63)81-52(47)83-33-12-13-57(6)31(56(33,4)5)11-14-59(8)32(57)10-9-25-26-19-55(2,3)15-17-60(26,18-16-58(25,59)7)54(77)87-53-48(86-51-44(75)40(71)36(67)28(21-62)80-51)45(76)46(30(23-64)82-53)84-50-43(74)39(70)35(66)27(20-61)79-50/h9,24,26-53,61-76H,10-23H2,1-8H3/t24-,26-,27+,28+,29+,30+,31-,32+,33-,34-,35+,36+,37+,38+,39-,40-,41-,42+,43+,44+,45-,46+,47+,48+,49-,50-,51-,52-,53-,57-,58+,59+,60-/m0/s1. The van der Waals surface area contributed by atoms with Crippen molar-refractivity contribution in [2.24, 2.45) is 50.2 Å². The smallest absolute Gasteiger partial charge is 0.315 e. The van der Waals surface area contributed by atoms with Crippen LogP contribution in [0.2, 0.25) is 0 Å². The van der Waals surface area contributed by atoms with E-state index in [2.05, 4.69) is 54.5 Å². The van der Waals surface area contributed by atoms with E-state index in [4.69, 9.17) is 47.4 Å². The van der Waals surface area contributed by atoms with Gasteiger partial charge in [-0.1, -0.05) is 60.1 Å². The molecule has 5 aliphatic carbocycles. The fraction of sp³-hybridized carbons (Fsp3) is 0.950. The van der Waals surface area contributed by atoms with Crippen LogP contribution < -0.4 is 0 Å². The van der Waals surface area contributed by atoms with E-state index in [1.54, 1.807) is 0 Å². The first-order chi connectivity index (χ1) is 40.8. The van der Waals surface area contributed by atoms with Gasteiger partial charge in [0.25, 0.3) is 0 Å². The molecule has 0 spiro atoms. The van der Waals surface area contributed by atoms with Crippen LogP contribution in [0, 0.1) is 50.2 Å². The predicted molar refractivity (Wildman–Crippen MR) is 294 cm³/mol. The highest BCUT2D eigenvalue weighted by atomic mass is 16.8. The zero-order chi connectivity index (χ0) is 63.6. The lowest BCUT2D eigenvalue weighted by atomic mass is 9.33. The Morgan fingerprint density at radius 2 is 0.966 bits per heavy atom. The molecule has 5 saturated heterocycles. The Balaban J connectivity index is 0.914. The van der Waals surface area contributed by atoms with Gasteiger partial charge >= 0.3 is 5.97 Å². The lowest BCUT2D eigenvalue weighted by Crippen LogP contribution is -2.68. The first-order valence-corrected chi connectivity index (χ1v) is 31.2. The summed E-state index contributed by atoms with van der Waals surface area (Å²) in [5, 5.41) is 172. The number of fused-ring (bicyclic) bond motifs is 7. The molecule has 16 N–H and O–H groups in total. The molecule has 10 aliphatic rings. The molecule has 0 radical (unpaired) electrons. The van der Waals surface area contributed by atoms with Crippen LogP contribution in [0.1, 0.15) is 120 Å². The van der Waals surface area contributed by atoms with Crippen LogP contribution in [0.4, 0.5) is 0 Å². The van der Waals surface area contributed by atoms with Gasteiger partial charge in [0, 0.05) is 0 Å². The van der Waals surface area contributed by atoms with Crippen molar-refractivity contribution in [3.8, 4) is 0 Å². The number of ether oxygens (including phenoxy) is 10. The maximum absolute atomic E-state index is 15.7. The van der Waals surface area contributed by atoms with E-state index in [0.717, 1.165) is 24.8 Å². The number of hydrogen-bond donors (Lipinski definition) is 16. The highest BCUT2D eigenvalue weighted by Crippen LogP contribution is 2.76. The van der Waals surface area contributed by atoms with Gasteiger partial charge in [-0.3, -0.25) is 4.79 Å². The number of allylic oxidation sites excluding steroid dienone is 2. The predicted octanol–water partition coefficient (Wildman–Crippen LogP) is -3.18. The molecular formula is C60H98O27. The fourth-order valence-corrected chi connectivity index (χ4v) is 17.9. The second-order valence-corrected chi connectivity index (χ2v) is 29.1. The number of rotatable bonds is 14. The average molecular weight is 1250 g/mol. The number of hydrogen-bond acceptors (Lipinski definition) is 27. The zero-order valence-corrected chi connectivity index (χ0v) is 50.9. The second-order valence-electron chi connectivity index (χ2n) is 29.1. The first kappa shape index (κ1) is 68.1. The molecule has 500 valence electrons. The molecule has 5 aliphatic heterocycles. The van der Waals surface area contributed by atoms with Crippen molar-refractivity contribution in [2.75, 3.05) is 26.4 Å². The molecule has 0 aromatic carbocycles. The monoisotopic (exact) mass is 1250 g/mol. The van der Waals surface area contributed by atoms with E-state index in [-0.39, 0.29) is 34.0 Å². The highest BCUT2D eigenvalue weighted by molar-refractivity contribution is 5.79. The maximum atomic E-state index is 15.7. The van der Waals surface area contributed by atoms with Crippen molar-refractivity contribution in [1.29, 1.82) is 0 Å². The minimum atomic E-state index is -2.03. The summed E-state index contributed by atoms with van der Waals surface area (Å²) in [5.41, 5.74) is -1.78. The van der Waals surface area contributed by atoms with Gasteiger partial charge < -0.3 is 129 Å². The van der Waals surface area contributed by atoms with E-state index in [9.17, 15) is 81.7 Å². The number of carbonyl (C=O) groups is 1. The highest BCUT2D eigenvalue weighted by Gasteiger charge is 2.71. The van der Waals surface area contributed by atoms with E-state index < -0.39 is 208 Å². The summed E-state index contributed by atoms with van der Waals surface area (Å²) in [6.45, 7) is 14.0. The molecule has 0 bridgehead atoms. The molecule has 0 amide bonds. The van der Waals surface area contributed by atoms with Gasteiger partial charge in [0.2, 0.25) is 6.29 Å². The average Bonchev–Trinajstić information content (AvgIpc) is 0.681. The molecule has 0 aromatic rings. The summed E-state index contributed by atoms with van der Waals surface area (Å²) < 4.78 is 60.9. The third-order valence-electron chi connectivity index (χ3n) is 23.5. The van der Waals surface area contributed by atoms with Gasteiger partial charge in [-0.25, -0.2) is 0 Å². The summed E-state index contributed by atoms with van der Waals surface area (Å²) in [6.07, 6.45) is -33.8. The van der Waals surface area contributed by atoms with Crippen molar-refractivity contribution < 1.29 is 134 Å². The van der Waals surface area contributed by atoms with Crippen molar-refractivity contribution in [3.63, 3.8) is 0 Å². The topological polar surface area (TPSA) is 433 Å². The van der Waals surface area contributed by atoms with Crippen LogP contribution in [0.3, 0.4) is 0 Å². The molecule has 9 fully saturated rings. The second kappa shape index (κ2) is 25.2. The molecule has 27 heteroatoms. The van der Waals surface area contributed by atoms with E-state index in [0.29, 0.717) is 44.9 Å². The minimum absolute atomic E-state index is 0.0775. The zero-order valence-electron chi connectivity index (χ0n) is 50.9. The molecule has 33 atom stereocenters. The van der Waals surface area contributed by atoms with Crippen LogP contribution in [0.5, 0.6) is 0 Å². The summed E-state index contributed by atoms with van der Waals surface area (Å²) >= 11 is 0. The lowest BCUT2D eigenvalue weighted by molar-refractivity contribution is -0.384. The summed E-state index contributed by atoms with van der Waals surface area (Å²) in [4.78, 5) is 15.7. The van der Waals surface area contributed by atoms with Crippen LogP contribution in [0.25, 0.3) is 0 Å². The number of aliphatic hydroxyl groups excluding tert-OH is 16. The molecule has 0 unspecified atom stereocenters. The van der Waals surface area contributed by atoms with Gasteiger partial charge in [0.15, 0.2) is 31.3 Å². The van der Waals surface area contributed by atoms with Gasteiger partial charge in [-0.05, 0) is 116 Å². The normalized spacial score (nSPS) is 54.0. The molecule has 5 heterocycles.